The van der Waals surface area contributed by atoms with Crippen molar-refractivity contribution < 1.29 is 24.2 Å². The molecule has 36 heavy (non-hydrogen) atoms. The monoisotopic (exact) mass is 483 g/mol. The summed E-state index contributed by atoms with van der Waals surface area (Å²) in [7, 11) is 0. The number of carbonyl (C=O) groups is 2. The van der Waals surface area contributed by atoms with Gasteiger partial charge in [-0.15, -0.1) is 0 Å². The molecule has 2 aliphatic heterocycles. The molecule has 0 spiro atoms. The molecule has 1 amide bonds. The number of likely N-dealkylation sites (tertiary alicyclic amines) is 1. The molecule has 1 fully saturated rings. The van der Waals surface area contributed by atoms with Crippen molar-refractivity contribution in [1.29, 1.82) is 0 Å². The molecule has 6 nitrogen and oxygen atoms in total. The van der Waals surface area contributed by atoms with Crippen LogP contribution in [0, 0.1) is 0 Å². The lowest BCUT2D eigenvalue weighted by atomic mass is 9.94. The number of carbonyl (C=O) groups excluding carboxylic acids is 2. The first-order valence-electron chi connectivity index (χ1n) is 12.3. The Labute approximate surface area is 210 Å². The highest BCUT2D eigenvalue weighted by Gasteiger charge is 2.46. The fourth-order valence-electron chi connectivity index (χ4n) is 4.99. The molecule has 3 aromatic carbocycles. The first-order chi connectivity index (χ1) is 17.5. The van der Waals surface area contributed by atoms with E-state index in [1.165, 1.54) is 0 Å². The zero-order valence-corrected chi connectivity index (χ0v) is 20.4. The van der Waals surface area contributed by atoms with Crippen LogP contribution in [0.25, 0.3) is 5.76 Å². The maximum absolute atomic E-state index is 13.3. The molecule has 0 bridgehead atoms. The lowest BCUT2D eigenvalue weighted by Crippen LogP contribution is -2.31. The van der Waals surface area contributed by atoms with Gasteiger partial charge in [-0.2, -0.15) is 0 Å². The van der Waals surface area contributed by atoms with Crippen molar-refractivity contribution in [2.24, 2.45) is 0 Å². The fourth-order valence-corrected chi connectivity index (χ4v) is 4.99. The molecule has 0 aliphatic carbocycles. The van der Waals surface area contributed by atoms with Gasteiger partial charge in [0.2, 0.25) is 0 Å². The van der Waals surface area contributed by atoms with E-state index in [9.17, 15) is 14.7 Å². The lowest BCUT2D eigenvalue weighted by Gasteiger charge is -2.25. The number of rotatable bonds is 7. The van der Waals surface area contributed by atoms with Crippen LogP contribution in [0.4, 0.5) is 0 Å². The van der Waals surface area contributed by atoms with E-state index in [1.54, 1.807) is 11.0 Å². The smallest absolute Gasteiger partial charge is 0.295 e. The first-order valence-corrected chi connectivity index (χ1v) is 12.3. The second-order valence-electron chi connectivity index (χ2n) is 9.19. The number of nitrogens with zero attached hydrogens (tertiary/aromatic N) is 1. The zero-order valence-electron chi connectivity index (χ0n) is 20.4. The topological polar surface area (TPSA) is 76.1 Å². The van der Waals surface area contributed by atoms with Gasteiger partial charge in [0.05, 0.1) is 18.2 Å². The maximum atomic E-state index is 13.3. The van der Waals surface area contributed by atoms with Crippen LogP contribution < -0.4 is 9.47 Å². The van der Waals surface area contributed by atoms with Crippen molar-refractivity contribution in [3.63, 3.8) is 0 Å². The van der Waals surface area contributed by atoms with Crippen LogP contribution in [0.1, 0.15) is 42.1 Å². The van der Waals surface area contributed by atoms with Gasteiger partial charge in [-0.05, 0) is 67.3 Å². The quantitative estimate of drug-likeness (QED) is 0.288. The van der Waals surface area contributed by atoms with Gasteiger partial charge >= 0.3 is 0 Å². The Morgan fingerprint density at radius 1 is 1.06 bits per heavy atom. The number of aliphatic hydroxyl groups excluding tert-OH is 1. The highest BCUT2D eigenvalue weighted by atomic mass is 16.5. The van der Waals surface area contributed by atoms with Gasteiger partial charge in [-0.1, -0.05) is 42.5 Å². The summed E-state index contributed by atoms with van der Waals surface area (Å²) in [6.07, 6.45) is 1.38. The Bertz CT molecular complexity index is 1310. The summed E-state index contributed by atoms with van der Waals surface area (Å²) in [5.74, 6) is 0.0338. The number of hydrogen-bond acceptors (Lipinski definition) is 5. The normalized spacial score (nSPS) is 20.3. The van der Waals surface area contributed by atoms with Gasteiger partial charge < -0.3 is 19.5 Å². The Balaban J connectivity index is 1.56. The molecule has 5 rings (SSSR count). The minimum absolute atomic E-state index is 0.0600. The fraction of sp³-hybridized carbons (Fsp3) is 0.267. The van der Waals surface area contributed by atoms with E-state index in [1.807, 2.05) is 80.6 Å². The van der Waals surface area contributed by atoms with Gasteiger partial charge in [0.15, 0.2) is 0 Å². The van der Waals surface area contributed by atoms with Crippen LogP contribution in [-0.2, 0) is 22.4 Å². The molecular formula is C30H29NO5. The van der Waals surface area contributed by atoms with E-state index in [0.717, 1.165) is 28.9 Å². The molecule has 0 aromatic heterocycles. The molecular weight excluding hydrogens is 454 g/mol. The van der Waals surface area contributed by atoms with Gasteiger partial charge in [0.1, 0.15) is 23.4 Å². The summed E-state index contributed by atoms with van der Waals surface area (Å²) in [5.41, 5.74) is 3.39. The second-order valence-corrected chi connectivity index (χ2v) is 9.19. The largest absolute Gasteiger partial charge is 0.507 e. The maximum Gasteiger partial charge on any atom is 0.295 e. The summed E-state index contributed by atoms with van der Waals surface area (Å²) >= 11 is 0. The van der Waals surface area contributed by atoms with Crippen LogP contribution in [0.2, 0.25) is 0 Å². The molecule has 0 saturated carbocycles. The lowest BCUT2D eigenvalue weighted by molar-refractivity contribution is -0.139. The van der Waals surface area contributed by atoms with E-state index < -0.39 is 17.7 Å². The number of amides is 1. The van der Waals surface area contributed by atoms with E-state index in [2.05, 4.69) is 0 Å². The number of Topliss-reactive ketones (excluding diaryl/α,β-unsaturated/α-hetero) is 1. The third kappa shape index (κ3) is 4.47. The van der Waals surface area contributed by atoms with Crippen molar-refractivity contribution in [2.75, 3.05) is 13.2 Å². The number of hydrogen-bond donors (Lipinski definition) is 1. The second kappa shape index (κ2) is 9.90. The number of ketones is 1. The van der Waals surface area contributed by atoms with Crippen molar-refractivity contribution in [3.8, 4) is 11.5 Å². The third-order valence-corrected chi connectivity index (χ3v) is 6.70. The third-order valence-electron chi connectivity index (χ3n) is 6.70. The van der Waals surface area contributed by atoms with Gasteiger partial charge in [0, 0.05) is 18.5 Å². The van der Waals surface area contributed by atoms with Crippen molar-refractivity contribution in [1.82, 2.24) is 4.90 Å². The molecule has 0 radical (unpaired) electrons. The van der Waals surface area contributed by atoms with Crippen molar-refractivity contribution >= 4 is 17.4 Å². The standard InChI is InChI=1S/C30H29NO5/c1-3-35-24-12-9-21(10-13-24)27-26(28(32)22-11-14-25-23(18-22)17-19(2)36-25)29(33)30(34)31(27)16-15-20-7-5-4-6-8-20/h4-14,18-19,27,32H,3,15-17H2,1-2H3/t19-,27+/m0/s1. The van der Waals surface area contributed by atoms with Crippen molar-refractivity contribution in [3.05, 3.63) is 101 Å². The molecule has 0 unspecified atom stereocenters. The van der Waals surface area contributed by atoms with E-state index in [4.69, 9.17) is 9.47 Å². The first kappa shape index (κ1) is 23.7. The van der Waals surface area contributed by atoms with E-state index in [-0.39, 0.29) is 17.4 Å². The van der Waals surface area contributed by atoms with Gasteiger partial charge in [-0.3, -0.25) is 9.59 Å². The molecule has 3 aromatic rings. The average Bonchev–Trinajstić information content (AvgIpc) is 3.39. The highest BCUT2D eigenvalue weighted by Crippen LogP contribution is 2.41. The van der Waals surface area contributed by atoms with Crippen LogP contribution in [-0.4, -0.2) is 41.0 Å². The molecule has 1 N–H and O–H groups in total. The number of fused-ring (bicyclic) bond motifs is 1. The molecule has 6 heteroatoms. The summed E-state index contributed by atoms with van der Waals surface area (Å²) in [5, 5.41) is 11.4. The average molecular weight is 484 g/mol. The summed E-state index contributed by atoms with van der Waals surface area (Å²) < 4.78 is 11.4. The highest BCUT2D eigenvalue weighted by molar-refractivity contribution is 6.46. The van der Waals surface area contributed by atoms with Crippen LogP contribution >= 0.6 is 0 Å². The van der Waals surface area contributed by atoms with E-state index >= 15 is 0 Å². The van der Waals surface area contributed by atoms with E-state index in [0.29, 0.717) is 30.9 Å². The zero-order chi connectivity index (χ0) is 25.2. The molecule has 1 saturated heterocycles. The number of ether oxygens (including phenoxy) is 2. The SMILES string of the molecule is CCOc1ccc([C@@H]2C(=C(O)c3ccc4c(c3)C[C@H](C)O4)C(=O)C(=O)N2CCc2ccccc2)cc1. The molecule has 2 aliphatic rings. The van der Waals surface area contributed by atoms with Crippen LogP contribution in [0.5, 0.6) is 11.5 Å². The molecule has 2 atom stereocenters. The minimum atomic E-state index is -0.701. The number of benzene rings is 3. The summed E-state index contributed by atoms with van der Waals surface area (Å²) in [6.45, 7) is 4.78. The Hall–Kier alpha value is -4.06. The Morgan fingerprint density at radius 2 is 1.81 bits per heavy atom. The Kier molecular flexibility index (Phi) is 6.51. The van der Waals surface area contributed by atoms with Gasteiger partial charge in [-0.25, -0.2) is 0 Å². The molecule has 184 valence electrons. The summed E-state index contributed by atoms with van der Waals surface area (Å²) in [4.78, 5) is 28.1. The van der Waals surface area contributed by atoms with Crippen LogP contribution in [0.3, 0.4) is 0 Å². The predicted octanol–water partition coefficient (Wildman–Crippen LogP) is 5.07. The Morgan fingerprint density at radius 3 is 2.53 bits per heavy atom. The molecule has 2 heterocycles. The van der Waals surface area contributed by atoms with Gasteiger partial charge in [0.25, 0.3) is 11.7 Å². The van der Waals surface area contributed by atoms with Crippen LogP contribution in [0.15, 0.2) is 78.4 Å². The predicted molar refractivity (Wildman–Crippen MR) is 137 cm³/mol. The van der Waals surface area contributed by atoms with Crippen molar-refractivity contribution in [2.45, 2.75) is 38.8 Å². The minimum Gasteiger partial charge on any atom is -0.507 e. The summed E-state index contributed by atoms with van der Waals surface area (Å²) in [6, 6.07) is 21.9. The number of aliphatic hydroxyl groups is 1.